The van der Waals surface area contributed by atoms with Gasteiger partial charge in [-0.05, 0) is 48.8 Å². The van der Waals surface area contributed by atoms with Gasteiger partial charge in [0, 0.05) is 44.0 Å². The summed E-state index contributed by atoms with van der Waals surface area (Å²) in [5, 5.41) is 5.28. The second-order valence-electron chi connectivity index (χ2n) is 8.03. The SMILES string of the molecule is CNCC[C@H](Oc1ccc(CN2CCN(C)c3nc(OC)ccc3C2=O)cc1)c1cccs1. The Morgan fingerprint density at radius 1 is 1.15 bits per heavy atom. The van der Waals surface area contributed by atoms with Crippen molar-refractivity contribution < 1.29 is 14.3 Å². The van der Waals surface area contributed by atoms with Crippen molar-refractivity contribution in [3.8, 4) is 11.6 Å². The van der Waals surface area contributed by atoms with Gasteiger partial charge in [-0.25, -0.2) is 0 Å². The number of benzene rings is 1. The van der Waals surface area contributed by atoms with Crippen molar-refractivity contribution in [3.05, 3.63) is 69.9 Å². The average molecular weight is 467 g/mol. The molecule has 0 saturated carbocycles. The maximum absolute atomic E-state index is 13.2. The lowest BCUT2D eigenvalue weighted by molar-refractivity contribution is 0.0754. The molecule has 2 aromatic heterocycles. The Morgan fingerprint density at radius 2 is 1.97 bits per heavy atom. The van der Waals surface area contributed by atoms with Crippen LogP contribution in [0.15, 0.2) is 53.9 Å². The van der Waals surface area contributed by atoms with E-state index in [9.17, 15) is 4.79 Å². The van der Waals surface area contributed by atoms with E-state index in [1.165, 1.54) is 4.88 Å². The fraction of sp³-hybridized carbons (Fsp3) is 0.360. The average Bonchev–Trinajstić information content (AvgIpc) is 3.35. The minimum atomic E-state index is -0.0188. The van der Waals surface area contributed by atoms with E-state index in [-0.39, 0.29) is 12.0 Å². The van der Waals surface area contributed by atoms with Gasteiger partial charge in [0.1, 0.15) is 17.7 Å². The lowest BCUT2D eigenvalue weighted by Crippen LogP contribution is -2.33. The number of carbonyl (C=O) groups excluding carboxylic acids is 1. The highest BCUT2D eigenvalue weighted by Gasteiger charge is 2.26. The zero-order valence-corrected chi connectivity index (χ0v) is 20.1. The van der Waals surface area contributed by atoms with E-state index in [1.54, 1.807) is 30.6 Å². The Labute approximate surface area is 199 Å². The van der Waals surface area contributed by atoms with Crippen LogP contribution in [0.1, 0.15) is 33.3 Å². The smallest absolute Gasteiger partial charge is 0.257 e. The van der Waals surface area contributed by atoms with E-state index < -0.39 is 0 Å². The molecule has 33 heavy (non-hydrogen) atoms. The van der Waals surface area contributed by atoms with Crippen LogP contribution in [0.5, 0.6) is 11.6 Å². The van der Waals surface area contributed by atoms with Crippen molar-refractivity contribution in [2.45, 2.75) is 19.1 Å². The van der Waals surface area contributed by atoms with Gasteiger partial charge in [-0.2, -0.15) is 4.98 Å². The van der Waals surface area contributed by atoms with E-state index in [1.807, 2.05) is 48.2 Å². The van der Waals surface area contributed by atoms with Gasteiger partial charge in [-0.1, -0.05) is 18.2 Å². The number of hydrogen-bond acceptors (Lipinski definition) is 7. The van der Waals surface area contributed by atoms with Gasteiger partial charge >= 0.3 is 0 Å². The molecule has 4 rings (SSSR count). The van der Waals surface area contributed by atoms with Gasteiger partial charge in [0.2, 0.25) is 5.88 Å². The van der Waals surface area contributed by atoms with Crippen molar-refractivity contribution in [1.29, 1.82) is 0 Å². The van der Waals surface area contributed by atoms with Crippen molar-refractivity contribution >= 4 is 23.1 Å². The third kappa shape index (κ3) is 5.46. The predicted molar refractivity (Wildman–Crippen MR) is 131 cm³/mol. The number of hydrogen-bond donors (Lipinski definition) is 1. The number of thiophene rings is 1. The molecule has 1 aliphatic rings. The lowest BCUT2D eigenvalue weighted by atomic mass is 10.1. The molecule has 3 heterocycles. The second kappa shape index (κ2) is 10.7. The molecule has 174 valence electrons. The number of nitrogens with one attached hydrogen (secondary N) is 1. The molecule has 0 aliphatic carbocycles. The minimum Gasteiger partial charge on any atom is -0.485 e. The van der Waals surface area contributed by atoms with Crippen LogP contribution in [0.3, 0.4) is 0 Å². The Balaban J connectivity index is 1.45. The molecule has 3 aromatic rings. The Kier molecular flexibility index (Phi) is 7.47. The molecule has 8 heteroatoms. The molecule has 1 aromatic carbocycles. The normalized spacial score (nSPS) is 14.6. The summed E-state index contributed by atoms with van der Waals surface area (Å²) < 4.78 is 11.5. The maximum Gasteiger partial charge on any atom is 0.257 e. The van der Waals surface area contributed by atoms with E-state index >= 15 is 0 Å². The highest BCUT2D eigenvalue weighted by atomic mass is 32.1. The topological polar surface area (TPSA) is 66.9 Å². The van der Waals surface area contributed by atoms with Crippen LogP contribution in [-0.2, 0) is 6.54 Å². The van der Waals surface area contributed by atoms with E-state index in [0.717, 1.165) is 24.3 Å². The summed E-state index contributed by atoms with van der Waals surface area (Å²) in [6.45, 7) is 2.74. The zero-order chi connectivity index (χ0) is 23.2. The second-order valence-corrected chi connectivity index (χ2v) is 9.01. The van der Waals surface area contributed by atoms with Gasteiger partial charge < -0.3 is 24.6 Å². The number of methoxy groups -OCH3 is 1. The molecule has 0 saturated heterocycles. The van der Waals surface area contributed by atoms with Gasteiger partial charge in [0.05, 0.1) is 12.7 Å². The highest BCUT2D eigenvalue weighted by Crippen LogP contribution is 2.29. The van der Waals surface area contributed by atoms with Crippen LogP contribution in [0.25, 0.3) is 0 Å². The molecule has 1 N–H and O–H groups in total. The fourth-order valence-electron chi connectivity index (χ4n) is 3.87. The van der Waals surface area contributed by atoms with Crippen LogP contribution in [0, 0.1) is 0 Å². The van der Waals surface area contributed by atoms with Gasteiger partial charge in [-0.3, -0.25) is 4.79 Å². The predicted octanol–water partition coefficient (Wildman–Crippen LogP) is 3.97. The summed E-state index contributed by atoms with van der Waals surface area (Å²) in [6.07, 6.45) is 0.916. The Bertz CT molecular complexity index is 1060. The molecular formula is C25H30N4O3S. The molecule has 0 spiro atoms. The van der Waals surface area contributed by atoms with E-state index in [0.29, 0.717) is 36.9 Å². The molecule has 0 fully saturated rings. The molecule has 0 unspecified atom stereocenters. The van der Waals surface area contributed by atoms with E-state index in [4.69, 9.17) is 9.47 Å². The molecule has 0 radical (unpaired) electrons. The first kappa shape index (κ1) is 23.1. The summed E-state index contributed by atoms with van der Waals surface area (Å²) in [5.74, 6) is 1.98. The van der Waals surface area contributed by atoms with Crippen molar-refractivity contribution in [3.63, 3.8) is 0 Å². The molecule has 7 nitrogen and oxygen atoms in total. The minimum absolute atomic E-state index is 0.0188. The monoisotopic (exact) mass is 466 g/mol. The van der Waals surface area contributed by atoms with Crippen LogP contribution < -0.4 is 19.7 Å². The summed E-state index contributed by atoms with van der Waals surface area (Å²) >= 11 is 1.71. The maximum atomic E-state index is 13.2. The zero-order valence-electron chi connectivity index (χ0n) is 19.3. The van der Waals surface area contributed by atoms with Crippen molar-refractivity contribution in [2.75, 3.05) is 45.7 Å². The van der Waals surface area contributed by atoms with Gasteiger partial charge in [0.25, 0.3) is 5.91 Å². The third-order valence-corrected chi connectivity index (χ3v) is 6.70. The van der Waals surface area contributed by atoms with Crippen LogP contribution in [-0.4, -0.2) is 56.6 Å². The van der Waals surface area contributed by atoms with Gasteiger partial charge in [0.15, 0.2) is 0 Å². The van der Waals surface area contributed by atoms with E-state index in [2.05, 4.69) is 27.8 Å². The first-order valence-corrected chi connectivity index (χ1v) is 12.0. The summed E-state index contributed by atoms with van der Waals surface area (Å²) in [4.78, 5) is 22.8. The number of fused-ring (bicyclic) bond motifs is 1. The molecule has 1 aliphatic heterocycles. The number of ether oxygens (including phenoxy) is 2. The lowest BCUT2D eigenvalue weighted by Gasteiger charge is -2.22. The highest BCUT2D eigenvalue weighted by molar-refractivity contribution is 7.10. The molecule has 0 bridgehead atoms. The van der Waals surface area contributed by atoms with Crippen LogP contribution in [0.4, 0.5) is 5.82 Å². The Morgan fingerprint density at radius 3 is 2.67 bits per heavy atom. The summed E-state index contributed by atoms with van der Waals surface area (Å²) in [5.41, 5.74) is 1.66. The quantitative estimate of drug-likeness (QED) is 0.515. The number of pyridine rings is 1. The van der Waals surface area contributed by atoms with Crippen molar-refractivity contribution in [2.24, 2.45) is 0 Å². The standard InChI is InChI=1S/C25H30N4O3S/c1-26-13-12-21(22-5-4-16-33-22)32-19-8-6-18(7-9-19)17-29-15-14-28(2)24-20(25(29)30)10-11-23(27-24)31-3/h4-11,16,21,26H,12-15,17H2,1-3H3/t21-/m0/s1. The number of rotatable bonds is 9. The van der Waals surface area contributed by atoms with Crippen LogP contribution >= 0.6 is 11.3 Å². The first-order valence-electron chi connectivity index (χ1n) is 11.1. The fourth-order valence-corrected chi connectivity index (χ4v) is 4.66. The van der Waals surface area contributed by atoms with Crippen molar-refractivity contribution in [1.82, 2.24) is 15.2 Å². The van der Waals surface area contributed by atoms with Gasteiger partial charge in [-0.15, -0.1) is 11.3 Å². The number of anilines is 1. The summed E-state index contributed by atoms with van der Waals surface area (Å²) in [7, 11) is 5.48. The third-order valence-electron chi connectivity index (χ3n) is 5.74. The van der Waals surface area contributed by atoms with Crippen LogP contribution in [0.2, 0.25) is 0 Å². The molecule has 1 amide bonds. The molecule has 1 atom stereocenters. The Hall–Kier alpha value is -3.10. The summed E-state index contributed by atoms with van der Waals surface area (Å²) in [6, 6.07) is 15.8. The largest absolute Gasteiger partial charge is 0.485 e. The number of aromatic nitrogens is 1. The molecular weight excluding hydrogens is 436 g/mol. The number of likely N-dealkylation sites (N-methyl/N-ethyl adjacent to an activating group) is 1. The number of nitrogens with zero attached hydrogens (tertiary/aromatic N) is 3. The number of carbonyl (C=O) groups is 1. The number of amides is 1. The first-order chi connectivity index (χ1) is 16.1.